The average Bonchev–Trinajstić information content (AvgIpc) is 3.07. The minimum absolute atomic E-state index is 0.251. The third-order valence-corrected chi connectivity index (χ3v) is 5.48. The number of imidazole rings is 1. The zero-order valence-electron chi connectivity index (χ0n) is 17.8. The number of rotatable bonds is 3. The van der Waals surface area contributed by atoms with E-state index in [0.717, 1.165) is 27.9 Å². The number of fused-ring (bicyclic) bond motifs is 3. The first-order valence-corrected chi connectivity index (χ1v) is 9.84. The van der Waals surface area contributed by atoms with Crippen LogP contribution in [0.2, 0.25) is 0 Å². The Kier molecular flexibility index (Phi) is 4.76. The van der Waals surface area contributed by atoms with Gasteiger partial charge in [0.05, 0.1) is 7.11 Å². The highest BCUT2D eigenvalue weighted by molar-refractivity contribution is 5.78. The fraction of sp³-hybridized carbons (Fsp3) is 0.429. The van der Waals surface area contributed by atoms with Gasteiger partial charge in [-0.3, -0.25) is 14.2 Å². The van der Waals surface area contributed by atoms with Crippen molar-refractivity contribution in [3.63, 3.8) is 0 Å². The molecule has 1 aliphatic rings. The van der Waals surface area contributed by atoms with Crippen LogP contribution in [0.3, 0.4) is 0 Å². The molecule has 3 heterocycles. The van der Waals surface area contributed by atoms with Gasteiger partial charge >= 0.3 is 11.7 Å². The van der Waals surface area contributed by atoms with Crippen molar-refractivity contribution in [1.82, 2.24) is 18.7 Å². The molecule has 1 aromatic carbocycles. The van der Waals surface area contributed by atoms with E-state index >= 15 is 0 Å². The third-order valence-electron chi connectivity index (χ3n) is 5.48. The molecule has 0 aliphatic carbocycles. The second kappa shape index (κ2) is 7.16. The predicted octanol–water partition coefficient (Wildman–Crippen LogP) is 1.47. The Morgan fingerprint density at radius 3 is 2.47 bits per heavy atom. The number of hydrogen-bond acceptors (Lipinski definition) is 6. The second-order valence-corrected chi connectivity index (χ2v) is 8.07. The van der Waals surface area contributed by atoms with Crippen molar-refractivity contribution in [2.24, 2.45) is 13.0 Å². The Balaban J connectivity index is 1.99. The summed E-state index contributed by atoms with van der Waals surface area (Å²) in [6, 6.07) is 6.28. The molecule has 0 saturated carbocycles. The highest BCUT2D eigenvalue weighted by atomic mass is 16.5. The largest absolute Gasteiger partial charge is 0.468 e. The number of carbonyl (C=O) groups is 1. The lowest BCUT2D eigenvalue weighted by molar-refractivity contribution is -0.141. The van der Waals surface area contributed by atoms with E-state index in [2.05, 4.69) is 39.7 Å². The van der Waals surface area contributed by atoms with E-state index in [-0.39, 0.29) is 5.92 Å². The van der Waals surface area contributed by atoms with Gasteiger partial charge in [-0.05, 0) is 43.0 Å². The number of benzene rings is 1. The summed E-state index contributed by atoms with van der Waals surface area (Å²) in [6.45, 7) is 7.10. The van der Waals surface area contributed by atoms with Crippen LogP contribution in [0, 0.1) is 19.8 Å². The number of ether oxygens (including phenoxy) is 1. The summed E-state index contributed by atoms with van der Waals surface area (Å²) in [5.41, 5.74) is 2.76. The molecule has 0 N–H and O–H groups in total. The van der Waals surface area contributed by atoms with E-state index in [1.165, 1.54) is 11.7 Å². The van der Waals surface area contributed by atoms with Gasteiger partial charge in [-0.15, -0.1) is 0 Å². The van der Waals surface area contributed by atoms with Crippen LogP contribution in [0.1, 0.15) is 18.1 Å². The normalized spacial score (nSPS) is 16.0. The fourth-order valence-electron chi connectivity index (χ4n) is 4.16. The molecule has 1 atom stereocenters. The number of esters is 1. The van der Waals surface area contributed by atoms with Crippen molar-refractivity contribution in [1.29, 1.82) is 0 Å². The van der Waals surface area contributed by atoms with Gasteiger partial charge in [-0.25, -0.2) is 9.36 Å². The molecular formula is C21H25N5O4. The molecule has 0 fully saturated rings. The minimum atomic E-state index is -0.655. The van der Waals surface area contributed by atoms with Crippen molar-refractivity contribution in [2.45, 2.75) is 33.9 Å². The molecule has 0 spiro atoms. The molecule has 0 amide bonds. The summed E-state index contributed by atoms with van der Waals surface area (Å²) in [6.07, 6.45) is 0. The Morgan fingerprint density at radius 1 is 1.17 bits per heavy atom. The van der Waals surface area contributed by atoms with Crippen LogP contribution in [0.4, 0.5) is 11.6 Å². The molecule has 0 radical (unpaired) electrons. The van der Waals surface area contributed by atoms with Gasteiger partial charge in [0, 0.05) is 25.8 Å². The SMILES string of the molecule is COC(=O)Cn1c(=O)c2c(nc3n2C[C@@H](C)CN3c2cc(C)cc(C)c2)n(C)c1=O. The van der Waals surface area contributed by atoms with Crippen LogP contribution in [0.5, 0.6) is 0 Å². The monoisotopic (exact) mass is 411 g/mol. The molecule has 4 rings (SSSR count). The van der Waals surface area contributed by atoms with Crippen LogP contribution < -0.4 is 16.1 Å². The third kappa shape index (κ3) is 3.10. The van der Waals surface area contributed by atoms with E-state index in [4.69, 9.17) is 0 Å². The molecule has 9 nitrogen and oxygen atoms in total. The maximum absolute atomic E-state index is 13.2. The van der Waals surface area contributed by atoms with Crippen molar-refractivity contribution < 1.29 is 9.53 Å². The van der Waals surface area contributed by atoms with Crippen LogP contribution >= 0.6 is 0 Å². The molecule has 1 aliphatic heterocycles. The number of methoxy groups -OCH3 is 1. The molecular weight excluding hydrogens is 386 g/mol. The van der Waals surface area contributed by atoms with E-state index < -0.39 is 23.8 Å². The zero-order valence-corrected chi connectivity index (χ0v) is 17.8. The Bertz CT molecular complexity index is 1260. The minimum Gasteiger partial charge on any atom is -0.468 e. The molecule has 0 unspecified atom stereocenters. The number of carbonyl (C=O) groups excluding carboxylic acids is 1. The first-order chi connectivity index (χ1) is 14.2. The Morgan fingerprint density at radius 2 is 1.83 bits per heavy atom. The molecule has 2 aromatic heterocycles. The molecule has 30 heavy (non-hydrogen) atoms. The van der Waals surface area contributed by atoms with Gasteiger partial charge in [0.25, 0.3) is 5.56 Å². The maximum atomic E-state index is 13.2. The number of nitrogens with zero attached hydrogens (tertiary/aromatic N) is 5. The summed E-state index contributed by atoms with van der Waals surface area (Å²) < 4.78 is 8.73. The number of aromatic nitrogens is 4. The summed E-state index contributed by atoms with van der Waals surface area (Å²) in [7, 11) is 2.78. The first kappa shape index (κ1) is 19.9. The van der Waals surface area contributed by atoms with E-state index in [0.29, 0.717) is 23.7 Å². The molecule has 0 bridgehead atoms. The van der Waals surface area contributed by atoms with E-state index in [9.17, 15) is 14.4 Å². The Labute approximate surface area is 173 Å². The molecule has 0 saturated heterocycles. The van der Waals surface area contributed by atoms with Crippen LogP contribution in [-0.4, -0.2) is 38.3 Å². The predicted molar refractivity (Wildman–Crippen MR) is 113 cm³/mol. The first-order valence-electron chi connectivity index (χ1n) is 9.84. The number of aryl methyl sites for hydroxylation is 3. The number of hydrogen-bond donors (Lipinski definition) is 0. The second-order valence-electron chi connectivity index (χ2n) is 8.07. The van der Waals surface area contributed by atoms with Crippen molar-refractivity contribution in [2.75, 3.05) is 18.6 Å². The topological polar surface area (TPSA) is 91.4 Å². The summed E-state index contributed by atoms with van der Waals surface area (Å²) >= 11 is 0. The van der Waals surface area contributed by atoms with Crippen LogP contribution in [0.15, 0.2) is 27.8 Å². The lowest BCUT2D eigenvalue weighted by Crippen LogP contribution is -2.42. The number of anilines is 2. The van der Waals surface area contributed by atoms with Gasteiger partial charge in [0.15, 0.2) is 11.2 Å². The van der Waals surface area contributed by atoms with Crippen molar-refractivity contribution in [3.8, 4) is 0 Å². The van der Waals surface area contributed by atoms with Gasteiger partial charge in [-0.1, -0.05) is 13.0 Å². The van der Waals surface area contributed by atoms with Crippen LogP contribution in [-0.2, 0) is 29.7 Å². The smallest absolute Gasteiger partial charge is 0.333 e. The lowest BCUT2D eigenvalue weighted by Gasteiger charge is -2.33. The molecule has 158 valence electrons. The molecule has 3 aromatic rings. The Hall–Kier alpha value is -3.36. The van der Waals surface area contributed by atoms with Gasteiger partial charge in [0.1, 0.15) is 6.54 Å². The van der Waals surface area contributed by atoms with E-state index in [1.807, 2.05) is 18.4 Å². The van der Waals surface area contributed by atoms with Gasteiger partial charge < -0.3 is 14.2 Å². The lowest BCUT2D eigenvalue weighted by atomic mass is 10.1. The maximum Gasteiger partial charge on any atom is 0.333 e. The zero-order chi connectivity index (χ0) is 21.7. The van der Waals surface area contributed by atoms with E-state index in [1.54, 1.807) is 7.05 Å². The van der Waals surface area contributed by atoms with Gasteiger partial charge in [-0.2, -0.15) is 4.98 Å². The van der Waals surface area contributed by atoms with Crippen molar-refractivity contribution in [3.05, 3.63) is 50.2 Å². The fourth-order valence-corrected chi connectivity index (χ4v) is 4.16. The quantitative estimate of drug-likeness (QED) is 0.606. The highest BCUT2D eigenvalue weighted by Crippen LogP contribution is 2.33. The average molecular weight is 411 g/mol. The summed E-state index contributed by atoms with van der Waals surface area (Å²) in [4.78, 5) is 44.5. The summed E-state index contributed by atoms with van der Waals surface area (Å²) in [5.74, 6) is 0.217. The summed E-state index contributed by atoms with van der Waals surface area (Å²) in [5, 5.41) is 0. The molecule has 9 heteroatoms. The highest BCUT2D eigenvalue weighted by Gasteiger charge is 2.30. The standard InChI is InChI=1S/C21H25N5O4/c1-12-6-13(2)8-15(7-12)24-9-14(3)10-25-17-18(22-20(24)25)23(4)21(29)26(19(17)28)11-16(27)30-5/h6-8,14H,9-11H2,1-5H3/t14-/m0/s1. The van der Waals surface area contributed by atoms with Crippen LogP contribution in [0.25, 0.3) is 11.2 Å². The van der Waals surface area contributed by atoms with Crippen molar-refractivity contribution >= 4 is 28.8 Å². The van der Waals surface area contributed by atoms with Gasteiger partial charge in [0.2, 0.25) is 5.95 Å².